The first-order valence-electron chi connectivity index (χ1n) is 5.73. The molecule has 0 spiro atoms. The quantitative estimate of drug-likeness (QED) is 0.787. The molecule has 0 saturated heterocycles. The molecule has 0 N–H and O–H groups in total. The minimum atomic E-state index is -0.325. The molecule has 4 heteroatoms. The van der Waals surface area contributed by atoms with Crippen molar-refractivity contribution in [2.24, 2.45) is 0 Å². The average molecular weight is 255 g/mol. The summed E-state index contributed by atoms with van der Waals surface area (Å²) in [5.74, 6) is 0.723. The first kappa shape index (κ1) is 12.6. The molecule has 0 aliphatic heterocycles. The van der Waals surface area contributed by atoms with Crippen molar-refractivity contribution in [1.82, 2.24) is 9.97 Å². The molecule has 0 fully saturated rings. The molecule has 0 aliphatic rings. The molecule has 0 radical (unpaired) electrons. The highest BCUT2D eigenvalue weighted by atomic mass is 32.2. The highest BCUT2D eigenvalue weighted by Gasteiger charge is 2.14. The third-order valence-electron chi connectivity index (χ3n) is 2.55. The monoisotopic (exact) mass is 255 g/mol. The fourth-order valence-corrected chi connectivity index (χ4v) is 2.37. The Balaban J connectivity index is 2.26. The lowest BCUT2D eigenvalue weighted by atomic mass is 9.97. The van der Waals surface area contributed by atoms with Gasteiger partial charge in [0.2, 0.25) is 0 Å². The summed E-state index contributed by atoms with van der Waals surface area (Å²) in [6, 6.07) is 12.2. The van der Waals surface area contributed by atoms with E-state index in [1.807, 2.05) is 12.1 Å². The summed E-state index contributed by atoms with van der Waals surface area (Å²) in [5, 5.41) is 9.29. The molecule has 1 atom stereocenters. The van der Waals surface area contributed by atoms with E-state index < -0.39 is 0 Å². The van der Waals surface area contributed by atoms with E-state index in [1.165, 1.54) is 11.2 Å². The van der Waals surface area contributed by atoms with Gasteiger partial charge in [-0.2, -0.15) is 5.26 Å². The molecule has 1 unspecified atom stereocenters. The molecule has 0 saturated carbocycles. The van der Waals surface area contributed by atoms with Crippen LogP contribution in [0.4, 0.5) is 0 Å². The van der Waals surface area contributed by atoms with Gasteiger partial charge in [-0.15, -0.1) is 11.8 Å². The van der Waals surface area contributed by atoms with Gasteiger partial charge in [0.25, 0.3) is 0 Å². The molecule has 90 valence electrons. The van der Waals surface area contributed by atoms with Gasteiger partial charge >= 0.3 is 0 Å². The van der Waals surface area contributed by atoms with Gasteiger partial charge in [-0.3, -0.25) is 0 Å². The Morgan fingerprint density at radius 1 is 1.28 bits per heavy atom. The molecule has 1 heterocycles. The SMILES string of the molecule is CCSc1ccc(C(C#N)c2ccncn2)cc1. The molecule has 2 aromatic rings. The predicted octanol–water partition coefficient (Wildman–Crippen LogP) is 3.24. The van der Waals surface area contributed by atoms with Crippen molar-refractivity contribution in [3.8, 4) is 6.07 Å². The van der Waals surface area contributed by atoms with E-state index in [2.05, 4.69) is 35.1 Å². The average Bonchev–Trinajstić information content (AvgIpc) is 2.43. The lowest BCUT2D eigenvalue weighted by molar-refractivity contribution is 0.941. The minimum absolute atomic E-state index is 0.325. The maximum Gasteiger partial charge on any atom is 0.115 e. The van der Waals surface area contributed by atoms with Crippen molar-refractivity contribution in [2.45, 2.75) is 17.7 Å². The van der Waals surface area contributed by atoms with Crippen LogP contribution >= 0.6 is 11.8 Å². The zero-order chi connectivity index (χ0) is 12.8. The molecule has 18 heavy (non-hydrogen) atoms. The van der Waals surface area contributed by atoms with Crippen LogP contribution in [0.3, 0.4) is 0 Å². The van der Waals surface area contributed by atoms with Gasteiger partial charge in [0, 0.05) is 11.1 Å². The summed E-state index contributed by atoms with van der Waals surface area (Å²) in [6.07, 6.45) is 3.13. The molecule has 0 bridgehead atoms. The van der Waals surface area contributed by atoms with Crippen LogP contribution in [-0.2, 0) is 0 Å². The Bertz CT molecular complexity index is 531. The highest BCUT2D eigenvalue weighted by molar-refractivity contribution is 7.99. The molecular formula is C14H13N3S. The van der Waals surface area contributed by atoms with Crippen LogP contribution in [0.1, 0.15) is 24.1 Å². The Morgan fingerprint density at radius 3 is 2.61 bits per heavy atom. The second-order valence-electron chi connectivity index (χ2n) is 3.70. The number of thioether (sulfide) groups is 1. The second-order valence-corrected chi connectivity index (χ2v) is 5.04. The highest BCUT2D eigenvalue weighted by Crippen LogP contribution is 2.25. The van der Waals surface area contributed by atoms with E-state index >= 15 is 0 Å². The van der Waals surface area contributed by atoms with Crippen LogP contribution in [0.5, 0.6) is 0 Å². The lowest BCUT2D eigenvalue weighted by Gasteiger charge is -2.09. The van der Waals surface area contributed by atoms with E-state index in [0.29, 0.717) is 0 Å². The first-order chi connectivity index (χ1) is 8.85. The summed E-state index contributed by atoms with van der Waals surface area (Å²) in [5.41, 5.74) is 1.71. The third-order valence-corrected chi connectivity index (χ3v) is 3.45. The van der Waals surface area contributed by atoms with E-state index in [9.17, 15) is 5.26 Å². The Hall–Kier alpha value is -1.86. The van der Waals surface area contributed by atoms with E-state index in [4.69, 9.17) is 0 Å². The number of hydrogen-bond acceptors (Lipinski definition) is 4. The fourth-order valence-electron chi connectivity index (χ4n) is 1.71. The topological polar surface area (TPSA) is 49.6 Å². The molecule has 3 nitrogen and oxygen atoms in total. The van der Waals surface area contributed by atoms with Crippen LogP contribution in [0.2, 0.25) is 0 Å². The Morgan fingerprint density at radius 2 is 2.06 bits per heavy atom. The van der Waals surface area contributed by atoms with E-state index in [-0.39, 0.29) is 5.92 Å². The second kappa shape index (κ2) is 6.18. The number of nitrogens with zero attached hydrogens (tertiary/aromatic N) is 3. The number of rotatable bonds is 4. The van der Waals surface area contributed by atoms with Crippen LogP contribution in [0.15, 0.2) is 47.8 Å². The van der Waals surface area contributed by atoms with Crippen LogP contribution < -0.4 is 0 Å². The van der Waals surface area contributed by atoms with Crippen LogP contribution in [0, 0.1) is 11.3 Å². The lowest BCUT2D eigenvalue weighted by Crippen LogP contribution is -2.00. The van der Waals surface area contributed by atoms with Gasteiger partial charge in [-0.05, 0) is 29.5 Å². The van der Waals surface area contributed by atoms with Gasteiger partial charge in [-0.25, -0.2) is 9.97 Å². The number of aromatic nitrogens is 2. The number of nitriles is 1. The maximum absolute atomic E-state index is 9.29. The van der Waals surface area contributed by atoms with Gasteiger partial charge in [0.05, 0.1) is 11.8 Å². The fraction of sp³-hybridized carbons (Fsp3) is 0.214. The Labute approximate surface area is 111 Å². The number of benzene rings is 1. The van der Waals surface area contributed by atoms with Gasteiger partial charge in [0.15, 0.2) is 0 Å². The van der Waals surface area contributed by atoms with Crippen molar-refractivity contribution >= 4 is 11.8 Å². The zero-order valence-electron chi connectivity index (χ0n) is 10.1. The summed E-state index contributed by atoms with van der Waals surface area (Å²) < 4.78 is 0. The first-order valence-corrected chi connectivity index (χ1v) is 6.72. The van der Waals surface area contributed by atoms with Crippen LogP contribution in [-0.4, -0.2) is 15.7 Å². The van der Waals surface area contributed by atoms with Gasteiger partial charge in [-0.1, -0.05) is 19.1 Å². The molecule has 2 rings (SSSR count). The normalized spacial score (nSPS) is 11.8. The van der Waals surface area contributed by atoms with Gasteiger partial charge in [0.1, 0.15) is 12.2 Å². The predicted molar refractivity (Wildman–Crippen MR) is 72.3 cm³/mol. The van der Waals surface area contributed by atoms with E-state index in [0.717, 1.165) is 17.0 Å². The van der Waals surface area contributed by atoms with Crippen molar-refractivity contribution < 1.29 is 0 Å². The van der Waals surface area contributed by atoms with E-state index in [1.54, 1.807) is 24.0 Å². The molecule has 0 aliphatic carbocycles. The summed E-state index contributed by atoms with van der Waals surface area (Å²) in [6.45, 7) is 2.12. The van der Waals surface area contributed by atoms with Gasteiger partial charge < -0.3 is 0 Å². The summed E-state index contributed by atoms with van der Waals surface area (Å²) >= 11 is 1.79. The minimum Gasteiger partial charge on any atom is -0.245 e. The molecule has 1 aromatic heterocycles. The van der Waals surface area contributed by atoms with Crippen molar-refractivity contribution in [3.05, 3.63) is 54.1 Å². The van der Waals surface area contributed by atoms with Crippen LogP contribution in [0.25, 0.3) is 0 Å². The molecular weight excluding hydrogens is 242 g/mol. The number of hydrogen-bond donors (Lipinski definition) is 0. The smallest absolute Gasteiger partial charge is 0.115 e. The van der Waals surface area contributed by atoms with Crippen molar-refractivity contribution in [2.75, 3.05) is 5.75 Å². The molecule has 1 aromatic carbocycles. The van der Waals surface area contributed by atoms with Crippen molar-refractivity contribution in [1.29, 1.82) is 5.26 Å². The largest absolute Gasteiger partial charge is 0.245 e. The zero-order valence-corrected chi connectivity index (χ0v) is 10.9. The maximum atomic E-state index is 9.29. The van der Waals surface area contributed by atoms with Crippen molar-refractivity contribution in [3.63, 3.8) is 0 Å². The summed E-state index contributed by atoms with van der Waals surface area (Å²) in [7, 11) is 0. The standard InChI is InChI=1S/C14H13N3S/c1-2-18-12-5-3-11(4-6-12)13(9-15)14-7-8-16-10-17-14/h3-8,10,13H,2H2,1H3. The third kappa shape index (κ3) is 2.88. The molecule has 0 amide bonds. The Kier molecular flexibility index (Phi) is 4.32. The summed E-state index contributed by atoms with van der Waals surface area (Å²) in [4.78, 5) is 9.24.